The first-order valence-corrected chi connectivity index (χ1v) is 9.15. The zero-order valence-electron chi connectivity index (χ0n) is 14.8. The van der Waals surface area contributed by atoms with Gasteiger partial charge in [0, 0.05) is 11.6 Å². The van der Waals surface area contributed by atoms with Gasteiger partial charge in [-0.2, -0.15) is 0 Å². The molecule has 0 bridgehead atoms. The standard InChI is InChI=1S/C20H28N2O2/c1-12(2)17(21-19(23)14-8-6-7-13(3)11-14)20(24)22-18-15-9-4-5-10-16(15)18/h6-8,11-12,15-18H,4-5,9-10H2,1-3H3,(H,21,23)(H,22,24)/t15-,16-,17+/m1/s1. The van der Waals surface area contributed by atoms with E-state index in [4.69, 9.17) is 0 Å². The number of amides is 2. The van der Waals surface area contributed by atoms with E-state index in [1.807, 2.05) is 39.0 Å². The Morgan fingerprint density at radius 1 is 1.12 bits per heavy atom. The lowest BCUT2D eigenvalue weighted by Crippen LogP contribution is -2.50. The highest BCUT2D eigenvalue weighted by atomic mass is 16.2. The molecule has 2 fully saturated rings. The van der Waals surface area contributed by atoms with Crippen molar-refractivity contribution in [1.29, 1.82) is 0 Å². The van der Waals surface area contributed by atoms with Gasteiger partial charge in [-0.25, -0.2) is 0 Å². The van der Waals surface area contributed by atoms with Crippen LogP contribution in [0.1, 0.15) is 55.5 Å². The number of nitrogens with one attached hydrogen (secondary N) is 2. The van der Waals surface area contributed by atoms with Gasteiger partial charge in [0.15, 0.2) is 0 Å². The smallest absolute Gasteiger partial charge is 0.251 e. The maximum Gasteiger partial charge on any atom is 0.251 e. The molecule has 0 aliphatic heterocycles. The Hall–Kier alpha value is -1.84. The summed E-state index contributed by atoms with van der Waals surface area (Å²) >= 11 is 0. The molecule has 3 rings (SSSR count). The molecule has 0 heterocycles. The minimum absolute atomic E-state index is 0.0367. The minimum atomic E-state index is -0.485. The second-order valence-electron chi connectivity index (χ2n) is 7.71. The zero-order valence-corrected chi connectivity index (χ0v) is 14.8. The van der Waals surface area contributed by atoms with Crippen molar-refractivity contribution in [3.63, 3.8) is 0 Å². The number of hydrogen-bond acceptors (Lipinski definition) is 2. The van der Waals surface area contributed by atoms with Gasteiger partial charge in [-0.05, 0) is 49.7 Å². The van der Waals surface area contributed by atoms with E-state index in [0.717, 1.165) is 5.56 Å². The van der Waals surface area contributed by atoms with Crippen LogP contribution in [-0.4, -0.2) is 23.9 Å². The highest BCUT2D eigenvalue weighted by molar-refractivity contribution is 5.97. The van der Waals surface area contributed by atoms with E-state index in [1.54, 1.807) is 6.07 Å². The van der Waals surface area contributed by atoms with Gasteiger partial charge in [0.2, 0.25) is 5.91 Å². The SMILES string of the molecule is Cc1cccc(C(=O)N[C@H](C(=O)NC2[C@@H]3CCCC[C@@H]23)C(C)C)c1. The van der Waals surface area contributed by atoms with Gasteiger partial charge < -0.3 is 10.6 Å². The summed E-state index contributed by atoms with van der Waals surface area (Å²) < 4.78 is 0. The molecule has 2 aliphatic rings. The third-order valence-corrected chi connectivity index (χ3v) is 5.48. The molecule has 0 unspecified atom stereocenters. The van der Waals surface area contributed by atoms with E-state index in [-0.39, 0.29) is 17.7 Å². The van der Waals surface area contributed by atoms with Crippen molar-refractivity contribution in [3.05, 3.63) is 35.4 Å². The molecule has 2 saturated carbocycles. The van der Waals surface area contributed by atoms with Crippen LogP contribution < -0.4 is 10.6 Å². The summed E-state index contributed by atoms with van der Waals surface area (Å²) in [6.07, 6.45) is 5.03. The molecule has 0 spiro atoms. The molecule has 130 valence electrons. The number of benzene rings is 1. The third-order valence-electron chi connectivity index (χ3n) is 5.48. The number of hydrogen-bond donors (Lipinski definition) is 2. The molecule has 4 heteroatoms. The first kappa shape index (κ1) is 17.0. The number of rotatable bonds is 5. The fourth-order valence-corrected chi connectivity index (χ4v) is 4.01. The fraction of sp³-hybridized carbons (Fsp3) is 0.600. The van der Waals surface area contributed by atoms with Crippen LogP contribution in [0, 0.1) is 24.7 Å². The Morgan fingerprint density at radius 2 is 1.79 bits per heavy atom. The quantitative estimate of drug-likeness (QED) is 0.873. The molecule has 1 aromatic rings. The summed E-state index contributed by atoms with van der Waals surface area (Å²) in [7, 11) is 0. The van der Waals surface area contributed by atoms with Gasteiger partial charge in [0.05, 0.1) is 0 Å². The molecular weight excluding hydrogens is 300 g/mol. The lowest BCUT2D eigenvalue weighted by molar-refractivity contribution is -0.124. The maximum atomic E-state index is 12.7. The van der Waals surface area contributed by atoms with Crippen molar-refractivity contribution in [1.82, 2.24) is 10.6 Å². The van der Waals surface area contributed by atoms with E-state index >= 15 is 0 Å². The van der Waals surface area contributed by atoms with Crippen molar-refractivity contribution in [2.24, 2.45) is 17.8 Å². The largest absolute Gasteiger partial charge is 0.351 e. The minimum Gasteiger partial charge on any atom is -0.351 e. The van der Waals surface area contributed by atoms with Gasteiger partial charge in [-0.3, -0.25) is 9.59 Å². The first-order valence-electron chi connectivity index (χ1n) is 9.15. The van der Waals surface area contributed by atoms with Crippen molar-refractivity contribution in [2.45, 2.75) is 58.5 Å². The predicted molar refractivity (Wildman–Crippen MR) is 94.6 cm³/mol. The summed E-state index contributed by atoms with van der Waals surface area (Å²) in [6, 6.07) is 7.30. The fourth-order valence-electron chi connectivity index (χ4n) is 4.01. The molecular formula is C20H28N2O2. The molecule has 2 N–H and O–H groups in total. The lowest BCUT2D eigenvalue weighted by atomic mass is 10.0. The average Bonchev–Trinajstić information content (AvgIpc) is 3.25. The van der Waals surface area contributed by atoms with Crippen LogP contribution in [0.4, 0.5) is 0 Å². The van der Waals surface area contributed by atoms with Gasteiger partial charge in [0.1, 0.15) is 6.04 Å². The van der Waals surface area contributed by atoms with Gasteiger partial charge in [-0.1, -0.05) is 44.4 Å². The Labute approximate surface area is 144 Å². The van der Waals surface area contributed by atoms with Crippen LogP contribution in [0.15, 0.2) is 24.3 Å². The molecule has 0 radical (unpaired) electrons. The second-order valence-corrected chi connectivity index (χ2v) is 7.71. The van der Waals surface area contributed by atoms with E-state index in [1.165, 1.54) is 25.7 Å². The lowest BCUT2D eigenvalue weighted by Gasteiger charge is -2.22. The highest BCUT2D eigenvalue weighted by Gasteiger charge is 2.51. The van der Waals surface area contributed by atoms with E-state index in [0.29, 0.717) is 23.4 Å². The molecule has 2 amide bonds. The molecule has 24 heavy (non-hydrogen) atoms. The summed E-state index contributed by atoms with van der Waals surface area (Å²) in [5.41, 5.74) is 1.64. The van der Waals surface area contributed by atoms with Crippen LogP contribution in [-0.2, 0) is 4.79 Å². The van der Waals surface area contributed by atoms with Crippen LogP contribution >= 0.6 is 0 Å². The summed E-state index contributed by atoms with van der Waals surface area (Å²) in [4.78, 5) is 25.2. The van der Waals surface area contributed by atoms with E-state index in [2.05, 4.69) is 10.6 Å². The molecule has 3 atom stereocenters. The van der Waals surface area contributed by atoms with E-state index < -0.39 is 6.04 Å². The van der Waals surface area contributed by atoms with Crippen LogP contribution in [0.25, 0.3) is 0 Å². The van der Waals surface area contributed by atoms with Gasteiger partial charge in [0.25, 0.3) is 5.91 Å². The predicted octanol–water partition coefficient (Wildman–Crippen LogP) is 3.05. The van der Waals surface area contributed by atoms with Crippen molar-refractivity contribution in [3.8, 4) is 0 Å². The Morgan fingerprint density at radius 3 is 2.38 bits per heavy atom. The summed E-state index contributed by atoms with van der Waals surface area (Å²) in [6.45, 7) is 5.90. The second kappa shape index (κ2) is 6.96. The topological polar surface area (TPSA) is 58.2 Å². The van der Waals surface area contributed by atoms with Crippen molar-refractivity contribution in [2.75, 3.05) is 0 Å². The van der Waals surface area contributed by atoms with Gasteiger partial charge >= 0.3 is 0 Å². The summed E-state index contributed by atoms with van der Waals surface area (Å²) in [5.74, 6) is 1.18. The molecule has 0 saturated heterocycles. The average molecular weight is 328 g/mol. The number of aryl methyl sites for hydroxylation is 1. The number of fused-ring (bicyclic) bond motifs is 1. The number of carbonyl (C=O) groups is 2. The van der Waals surface area contributed by atoms with Crippen LogP contribution in [0.3, 0.4) is 0 Å². The molecule has 0 aromatic heterocycles. The zero-order chi connectivity index (χ0) is 17.3. The molecule has 4 nitrogen and oxygen atoms in total. The summed E-state index contributed by atoms with van der Waals surface area (Å²) in [5, 5.41) is 6.12. The Kier molecular flexibility index (Phi) is 4.93. The highest BCUT2D eigenvalue weighted by Crippen LogP contribution is 2.49. The van der Waals surface area contributed by atoms with Gasteiger partial charge in [-0.15, -0.1) is 0 Å². The maximum absolute atomic E-state index is 12.7. The molecule has 1 aromatic carbocycles. The Balaban J connectivity index is 1.62. The molecule has 2 aliphatic carbocycles. The Bertz CT molecular complexity index is 614. The van der Waals surface area contributed by atoms with Crippen molar-refractivity contribution >= 4 is 11.8 Å². The monoisotopic (exact) mass is 328 g/mol. The first-order chi connectivity index (χ1) is 11.5. The van der Waals surface area contributed by atoms with Crippen molar-refractivity contribution < 1.29 is 9.59 Å². The normalized spacial score (nSPS) is 26.4. The van der Waals surface area contributed by atoms with E-state index in [9.17, 15) is 9.59 Å². The van der Waals surface area contributed by atoms with Crippen LogP contribution in [0.2, 0.25) is 0 Å². The van der Waals surface area contributed by atoms with Crippen LogP contribution in [0.5, 0.6) is 0 Å². The third kappa shape index (κ3) is 3.63. The number of carbonyl (C=O) groups excluding carboxylic acids is 2.